The molecule has 2 rings (SSSR count). The number of rotatable bonds is 1. The fourth-order valence-electron chi connectivity index (χ4n) is 1.06. The summed E-state index contributed by atoms with van der Waals surface area (Å²) in [5, 5.41) is 5.01. The topological polar surface area (TPSA) is 56.7 Å². The van der Waals surface area contributed by atoms with E-state index in [0.29, 0.717) is 15.7 Å². The van der Waals surface area contributed by atoms with Crippen LogP contribution in [0.2, 0.25) is 10.0 Å². The number of benzene rings is 1. The number of aromatic nitrogens is 3. The molecule has 4 nitrogen and oxygen atoms in total. The Morgan fingerprint density at radius 3 is 2.64 bits per heavy atom. The maximum Gasteiger partial charge on any atom is 0.239 e. The molecule has 0 radical (unpaired) electrons. The molecule has 0 unspecified atom stereocenters. The zero-order valence-corrected chi connectivity index (χ0v) is 8.50. The van der Waals surface area contributed by atoms with E-state index in [1.54, 1.807) is 18.2 Å². The van der Waals surface area contributed by atoms with E-state index in [-0.39, 0.29) is 5.95 Å². The van der Waals surface area contributed by atoms with Crippen LogP contribution >= 0.6 is 23.2 Å². The number of hydrogen-bond acceptors (Lipinski definition) is 3. The van der Waals surface area contributed by atoms with E-state index >= 15 is 0 Å². The van der Waals surface area contributed by atoms with Crippen LogP contribution < -0.4 is 5.73 Å². The van der Waals surface area contributed by atoms with Crippen LogP contribution in [0.25, 0.3) is 5.69 Å². The molecule has 0 aliphatic rings. The molecule has 0 aliphatic carbocycles. The van der Waals surface area contributed by atoms with Crippen molar-refractivity contribution in [3.8, 4) is 5.69 Å². The molecule has 0 aliphatic heterocycles. The van der Waals surface area contributed by atoms with Crippen LogP contribution in [0.1, 0.15) is 0 Å². The van der Waals surface area contributed by atoms with E-state index in [9.17, 15) is 0 Å². The van der Waals surface area contributed by atoms with Gasteiger partial charge in [-0.25, -0.2) is 9.67 Å². The van der Waals surface area contributed by atoms with Gasteiger partial charge in [0.1, 0.15) is 6.33 Å². The highest BCUT2D eigenvalue weighted by molar-refractivity contribution is 6.35. The van der Waals surface area contributed by atoms with Crippen LogP contribution in [0.4, 0.5) is 5.95 Å². The van der Waals surface area contributed by atoms with Gasteiger partial charge in [0.15, 0.2) is 0 Å². The Bertz CT molecular complexity index is 466. The predicted molar refractivity (Wildman–Crippen MR) is 55.8 cm³/mol. The number of hydrogen-bond donors (Lipinski definition) is 1. The molecule has 72 valence electrons. The Labute approximate surface area is 90.3 Å². The third-order valence-corrected chi connectivity index (χ3v) is 2.20. The lowest BCUT2D eigenvalue weighted by atomic mass is 10.3. The standard InChI is InChI=1S/C8H6Cl2N4/c9-5-1-2-7(6(10)3-5)14-4-12-8(11)13-14/h1-4H,(H2,11,13). The molecule has 0 atom stereocenters. The maximum atomic E-state index is 5.96. The van der Waals surface area contributed by atoms with Gasteiger partial charge in [-0.15, -0.1) is 5.10 Å². The quantitative estimate of drug-likeness (QED) is 0.814. The van der Waals surface area contributed by atoms with Crippen molar-refractivity contribution in [3.05, 3.63) is 34.6 Å². The first-order valence-corrected chi connectivity index (χ1v) is 4.55. The van der Waals surface area contributed by atoms with E-state index in [2.05, 4.69) is 10.1 Å². The van der Waals surface area contributed by atoms with Gasteiger partial charge in [-0.2, -0.15) is 0 Å². The molecule has 1 aromatic heterocycles. The Morgan fingerprint density at radius 1 is 1.29 bits per heavy atom. The van der Waals surface area contributed by atoms with E-state index in [1.165, 1.54) is 11.0 Å². The van der Waals surface area contributed by atoms with Gasteiger partial charge in [0.05, 0.1) is 10.7 Å². The number of anilines is 1. The summed E-state index contributed by atoms with van der Waals surface area (Å²) in [6, 6.07) is 5.11. The molecule has 0 amide bonds. The molecular weight excluding hydrogens is 223 g/mol. The lowest BCUT2D eigenvalue weighted by Gasteiger charge is -2.02. The van der Waals surface area contributed by atoms with Crippen LogP contribution in [0.3, 0.4) is 0 Å². The first-order valence-electron chi connectivity index (χ1n) is 3.79. The highest BCUT2D eigenvalue weighted by atomic mass is 35.5. The van der Waals surface area contributed by atoms with Gasteiger partial charge in [0.2, 0.25) is 5.95 Å². The molecule has 0 saturated heterocycles. The Kier molecular flexibility index (Phi) is 2.31. The van der Waals surface area contributed by atoms with E-state index in [0.717, 1.165) is 0 Å². The molecule has 2 aromatic rings. The zero-order chi connectivity index (χ0) is 10.1. The van der Waals surface area contributed by atoms with Crippen molar-refractivity contribution in [2.75, 3.05) is 5.73 Å². The van der Waals surface area contributed by atoms with E-state index < -0.39 is 0 Å². The minimum absolute atomic E-state index is 0.205. The fraction of sp³-hybridized carbons (Fsp3) is 0. The van der Waals surface area contributed by atoms with Crippen LogP contribution in [0, 0.1) is 0 Å². The summed E-state index contributed by atoms with van der Waals surface area (Å²) in [6.45, 7) is 0. The molecule has 2 N–H and O–H groups in total. The Hall–Kier alpha value is -1.26. The second-order valence-electron chi connectivity index (χ2n) is 2.64. The number of nitrogens with zero attached hydrogens (tertiary/aromatic N) is 3. The zero-order valence-electron chi connectivity index (χ0n) is 6.98. The summed E-state index contributed by atoms with van der Waals surface area (Å²) in [4.78, 5) is 3.79. The highest BCUT2D eigenvalue weighted by Gasteiger charge is 2.04. The summed E-state index contributed by atoms with van der Waals surface area (Å²) in [5.74, 6) is 0.205. The maximum absolute atomic E-state index is 5.96. The second kappa shape index (κ2) is 3.48. The monoisotopic (exact) mass is 228 g/mol. The highest BCUT2D eigenvalue weighted by Crippen LogP contribution is 2.23. The average molecular weight is 229 g/mol. The first kappa shape index (κ1) is 9.30. The van der Waals surface area contributed by atoms with Crippen LogP contribution in [0.5, 0.6) is 0 Å². The summed E-state index contributed by atoms with van der Waals surface area (Å²) in [7, 11) is 0. The van der Waals surface area contributed by atoms with Gasteiger partial charge >= 0.3 is 0 Å². The van der Waals surface area contributed by atoms with Crippen LogP contribution in [0.15, 0.2) is 24.5 Å². The molecule has 14 heavy (non-hydrogen) atoms. The van der Waals surface area contributed by atoms with Gasteiger partial charge in [-0.05, 0) is 18.2 Å². The minimum atomic E-state index is 0.205. The third kappa shape index (κ3) is 1.66. The van der Waals surface area contributed by atoms with Crippen molar-refractivity contribution in [2.24, 2.45) is 0 Å². The van der Waals surface area contributed by atoms with Crippen molar-refractivity contribution >= 4 is 29.2 Å². The molecular formula is C8H6Cl2N4. The van der Waals surface area contributed by atoms with Gasteiger partial charge in [0.25, 0.3) is 0 Å². The SMILES string of the molecule is Nc1ncn(-c2ccc(Cl)cc2Cl)n1. The predicted octanol–water partition coefficient (Wildman–Crippen LogP) is 2.16. The molecule has 1 aromatic carbocycles. The summed E-state index contributed by atoms with van der Waals surface area (Å²) in [5.41, 5.74) is 6.08. The molecule has 0 saturated carbocycles. The summed E-state index contributed by atoms with van der Waals surface area (Å²) >= 11 is 11.7. The lowest BCUT2D eigenvalue weighted by molar-refractivity contribution is 0.883. The summed E-state index contributed by atoms with van der Waals surface area (Å²) in [6.07, 6.45) is 1.49. The van der Waals surface area contributed by atoms with Crippen LogP contribution in [-0.4, -0.2) is 14.8 Å². The van der Waals surface area contributed by atoms with Gasteiger partial charge < -0.3 is 5.73 Å². The van der Waals surface area contributed by atoms with Crippen molar-refractivity contribution in [2.45, 2.75) is 0 Å². The van der Waals surface area contributed by atoms with Crippen molar-refractivity contribution in [1.29, 1.82) is 0 Å². The fourth-order valence-corrected chi connectivity index (χ4v) is 1.55. The Balaban J connectivity index is 2.52. The molecule has 0 bridgehead atoms. The molecule has 0 fully saturated rings. The second-order valence-corrected chi connectivity index (χ2v) is 3.49. The van der Waals surface area contributed by atoms with Crippen LogP contribution in [-0.2, 0) is 0 Å². The lowest BCUT2D eigenvalue weighted by Crippen LogP contribution is -1.96. The van der Waals surface area contributed by atoms with Gasteiger partial charge in [-0.3, -0.25) is 0 Å². The van der Waals surface area contributed by atoms with Gasteiger partial charge in [0, 0.05) is 5.02 Å². The van der Waals surface area contributed by atoms with E-state index in [1.807, 2.05) is 0 Å². The average Bonchev–Trinajstić information content (AvgIpc) is 2.51. The Morgan fingerprint density at radius 2 is 2.07 bits per heavy atom. The molecule has 1 heterocycles. The normalized spacial score (nSPS) is 10.4. The van der Waals surface area contributed by atoms with Gasteiger partial charge in [-0.1, -0.05) is 23.2 Å². The number of nitrogen functional groups attached to an aromatic ring is 1. The van der Waals surface area contributed by atoms with Crippen molar-refractivity contribution < 1.29 is 0 Å². The minimum Gasteiger partial charge on any atom is -0.366 e. The largest absolute Gasteiger partial charge is 0.366 e. The molecule has 6 heteroatoms. The smallest absolute Gasteiger partial charge is 0.239 e. The van der Waals surface area contributed by atoms with Crippen molar-refractivity contribution in [3.63, 3.8) is 0 Å². The third-order valence-electron chi connectivity index (χ3n) is 1.67. The number of halogens is 2. The first-order chi connectivity index (χ1) is 6.66. The molecule has 0 spiro atoms. The number of nitrogens with two attached hydrogens (primary N) is 1. The summed E-state index contributed by atoms with van der Waals surface area (Å²) < 4.78 is 1.49. The van der Waals surface area contributed by atoms with E-state index in [4.69, 9.17) is 28.9 Å². The van der Waals surface area contributed by atoms with Crippen molar-refractivity contribution in [1.82, 2.24) is 14.8 Å².